The number of para-hydroxylation sites is 1. The molecule has 128 valence electrons. The number of hydrogen-bond acceptors (Lipinski definition) is 4. The van der Waals surface area contributed by atoms with E-state index in [0.29, 0.717) is 16.9 Å². The van der Waals surface area contributed by atoms with Crippen LogP contribution in [0.25, 0.3) is 5.69 Å². The number of nitrogens with zero attached hydrogens (tertiary/aromatic N) is 4. The third-order valence-corrected chi connectivity index (χ3v) is 3.74. The first-order chi connectivity index (χ1) is 11.8. The first-order valence-electron chi connectivity index (χ1n) is 8.10. The van der Waals surface area contributed by atoms with Gasteiger partial charge < -0.3 is 5.32 Å². The van der Waals surface area contributed by atoms with Gasteiger partial charge in [-0.15, -0.1) is 0 Å². The molecule has 2 aromatic heterocycles. The highest BCUT2D eigenvalue weighted by atomic mass is 16.1. The Kier molecular flexibility index (Phi) is 4.35. The number of nitrogens with one attached hydrogen (secondary N) is 1. The van der Waals surface area contributed by atoms with Gasteiger partial charge in [0, 0.05) is 11.6 Å². The van der Waals surface area contributed by atoms with Gasteiger partial charge in [-0.2, -0.15) is 5.10 Å². The van der Waals surface area contributed by atoms with Gasteiger partial charge >= 0.3 is 0 Å². The summed E-state index contributed by atoms with van der Waals surface area (Å²) in [6.45, 7) is 7.94. The van der Waals surface area contributed by atoms with Gasteiger partial charge in [-0.25, -0.2) is 14.6 Å². The summed E-state index contributed by atoms with van der Waals surface area (Å²) in [4.78, 5) is 21.2. The molecule has 3 rings (SSSR count). The first kappa shape index (κ1) is 16.8. The van der Waals surface area contributed by atoms with Crippen LogP contribution < -0.4 is 5.32 Å². The smallest absolute Gasteiger partial charge is 0.259 e. The normalized spacial score (nSPS) is 11.4. The fourth-order valence-electron chi connectivity index (χ4n) is 2.37. The number of rotatable bonds is 3. The molecule has 3 aromatic rings. The molecule has 6 heteroatoms. The number of carbonyl (C=O) groups excluding carboxylic acids is 1. The molecule has 0 unspecified atom stereocenters. The number of benzene rings is 1. The lowest BCUT2D eigenvalue weighted by Gasteiger charge is -2.16. The number of anilines is 1. The number of carbonyl (C=O) groups is 1. The van der Waals surface area contributed by atoms with Crippen LogP contribution in [0.1, 0.15) is 42.6 Å². The summed E-state index contributed by atoms with van der Waals surface area (Å²) in [5, 5.41) is 7.24. The molecule has 1 N–H and O–H groups in total. The zero-order valence-corrected chi connectivity index (χ0v) is 14.8. The maximum atomic E-state index is 12.5. The molecule has 25 heavy (non-hydrogen) atoms. The second kappa shape index (κ2) is 6.47. The average Bonchev–Trinajstić information content (AvgIpc) is 2.97. The maximum absolute atomic E-state index is 12.5. The number of aryl methyl sites for hydroxylation is 1. The van der Waals surface area contributed by atoms with E-state index >= 15 is 0 Å². The minimum Gasteiger partial charge on any atom is -0.319 e. The van der Waals surface area contributed by atoms with E-state index in [1.165, 1.54) is 0 Å². The fourth-order valence-corrected chi connectivity index (χ4v) is 2.37. The summed E-state index contributed by atoms with van der Waals surface area (Å²) in [5.41, 5.74) is 2.51. The van der Waals surface area contributed by atoms with E-state index in [1.54, 1.807) is 23.3 Å². The Labute approximate surface area is 146 Å². The molecule has 1 amide bonds. The van der Waals surface area contributed by atoms with Crippen LogP contribution in [0.3, 0.4) is 0 Å². The Morgan fingerprint density at radius 1 is 1.08 bits per heavy atom. The molecule has 0 aliphatic heterocycles. The van der Waals surface area contributed by atoms with Crippen molar-refractivity contribution in [3.05, 3.63) is 66.0 Å². The van der Waals surface area contributed by atoms with E-state index in [9.17, 15) is 4.79 Å². The van der Waals surface area contributed by atoms with Crippen molar-refractivity contribution in [2.75, 3.05) is 5.32 Å². The van der Waals surface area contributed by atoms with Crippen molar-refractivity contribution >= 4 is 11.6 Å². The van der Waals surface area contributed by atoms with Crippen LogP contribution in [0.4, 0.5) is 5.69 Å². The largest absolute Gasteiger partial charge is 0.319 e. The summed E-state index contributed by atoms with van der Waals surface area (Å²) in [6, 6.07) is 9.68. The molecule has 0 atom stereocenters. The lowest BCUT2D eigenvalue weighted by Crippen LogP contribution is -2.17. The van der Waals surface area contributed by atoms with Crippen LogP contribution in [-0.4, -0.2) is 25.7 Å². The van der Waals surface area contributed by atoms with Gasteiger partial charge in [-0.05, 0) is 19.1 Å². The van der Waals surface area contributed by atoms with Crippen LogP contribution in [0.5, 0.6) is 0 Å². The third-order valence-electron chi connectivity index (χ3n) is 3.74. The van der Waals surface area contributed by atoms with Crippen molar-refractivity contribution in [3.63, 3.8) is 0 Å². The van der Waals surface area contributed by atoms with E-state index in [1.807, 2.05) is 58.0 Å². The van der Waals surface area contributed by atoms with Crippen LogP contribution >= 0.6 is 0 Å². The lowest BCUT2D eigenvalue weighted by atomic mass is 9.96. The van der Waals surface area contributed by atoms with E-state index in [4.69, 9.17) is 0 Å². The van der Waals surface area contributed by atoms with Crippen molar-refractivity contribution in [2.45, 2.75) is 33.1 Å². The Hall–Kier alpha value is -3.02. The minimum absolute atomic E-state index is 0.129. The average molecular weight is 335 g/mol. The maximum Gasteiger partial charge on any atom is 0.259 e. The Balaban J connectivity index is 1.79. The van der Waals surface area contributed by atoms with Gasteiger partial charge in [-0.3, -0.25) is 4.79 Å². The highest BCUT2D eigenvalue weighted by Gasteiger charge is 2.18. The lowest BCUT2D eigenvalue weighted by molar-refractivity contribution is 0.102. The number of hydrogen-bond donors (Lipinski definition) is 1. The summed E-state index contributed by atoms with van der Waals surface area (Å²) in [5.74, 6) is 0.505. The zero-order chi connectivity index (χ0) is 18.0. The van der Waals surface area contributed by atoms with E-state index < -0.39 is 0 Å². The Morgan fingerprint density at radius 2 is 1.72 bits per heavy atom. The van der Waals surface area contributed by atoms with Crippen molar-refractivity contribution in [1.29, 1.82) is 0 Å². The monoisotopic (exact) mass is 335 g/mol. The molecule has 0 aliphatic carbocycles. The van der Waals surface area contributed by atoms with Crippen LogP contribution in [0.2, 0.25) is 0 Å². The molecular formula is C19H21N5O. The number of amides is 1. The number of aromatic nitrogens is 4. The van der Waals surface area contributed by atoms with Crippen molar-refractivity contribution in [2.24, 2.45) is 0 Å². The molecule has 0 spiro atoms. The molecule has 6 nitrogen and oxygen atoms in total. The van der Waals surface area contributed by atoms with Gasteiger partial charge in [0.05, 0.1) is 35.0 Å². The topological polar surface area (TPSA) is 72.7 Å². The molecule has 2 heterocycles. The van der Waals surface area contributed by atoms with Gasteiger partial charge in [-0.1, -0.05) is 39.0 Å². The highest BCUT2D eigenvalue weighted by Crippen LogP contribution is 2.19. The molecule has 0 saturated heterocycles. The molecule has 0 fully saturated rings. The summed E-state index contributed by atoms with van der Waals surface area (Å²) < 4.78 is 1.70. The second-order valence-corrected chi connectivity index (χ2v) is 6.91. The molecule has 0 aliphatic rings. The van der Waals surface area contributed by atoms with Crippen LogP contribution in [0, 0.1) is 6.92 Å². The highest BCUT2D eigenvalue weighted by molar-refractivity contribution is 6.04. The van der Waals surface area contributed by atoms with E-state index in [2.05, 4.69) is 20.4 Å². The zero-order valence-electron chi connectivity index (χ0n) is 14.8. The first-order valence-corrected chi connectivity index (χ1v) is 8.10. The van der Waals surface area contributed by atoms with Crippen molar-refractivity contribution < 1.29 is 4.79 Å². The predicted molar refractivity (Wildman–Crippen MR) is 97.0 cm³/mol. The van der Waals surface area contributed by atoms with Gasteiger partial charge in [0.25, 0.3) is 5.91 Å². The van der Waals surface area contributed by atoms with Crippen LogP contribution in [-0.2, 0) is 5.41 Å². The SMILES string of the molecule is Cc1nn(-c2ccccc2)cc1C(=O)Nc1cnc(C(C)(C)C)nc1. The Bertz CT molecular complexity index is 876. The van der Waals surface area contributed by atoms with Gasteiger partial charge in [0.2, 0.25) is 0 Å². The van der Waals surface area contributed by atoms with Gasteiger partial charge in [0.15, 0.2) is 0 Å². The standard InChI is InChI=1S/C19H21N5O/c1-13-16(12-24(23-13)15-8-6-5-7-9-15)17(25)22-14-10-20-18(21-11-14)19(2,3)4/h5-12H,1-4H3,(H,22,25). The summed E-state index contributed by atoms with van der Waals surface area (Å²) in [7, 11) is 0. The molecule has 0 radical (unpaired) electrons. The predicted octanol–water partition coefficient (Wildman–Crippen LogP) is 3.52. The van der Waals surface area contributed by atoms with Gasteiger partial charge in [0.1, 0.15) is 5.82 Å². The Morgan fingerprint density at radius 3 is 2.32 bits per heavy atom. The summed E-state index contributed by atoms with van der Waals surface area (Å²) in [6.07, 6.45) is 4.98. The van der Waals surface area contributed by atoms with Crippen molar-refractivity contribution in [3.8, 4) is 5.69 Å². The minimum atomic E-state index is -0.230. The summed E-state index contributed by atoms with van der Waals surface area (Å²) >= 11 is 0. The fraction of sp³-hybridized carbons (Fsp3) is 0.263. The van der Waals surface area contributed by atoms with E-state index in [0.717, 1.165) is 11.5 Å². The molecular weight excluding hydrogens is 314 g/mol. The van der Waals surface area contributed by atoms with E-state index in [-0.39, 0.29) is 11.3 Å². The quantitative estimate of drug-likeness (QED) is 0.795. The molecule has 0 saturated carbocycles. The third kappa shape index (κ3) is 3.74. The van der Waals surface area contributed by atoms with Crippen molar-refractivity contribution in [1.82, 2.24) is 19.7 Å². The molecule has 1 aromatic carbocycles. The van der Waals surface area contributed by atoms with Crippen LogP contribution in [0.15, 0.2) is 48.9 Å². The molecule has 0 bridgehead atoms. The second-order valence-electron chi connectivity index (χ2n) is 6.91.